The first-order chi connectivity index (χ1) is 7.09. The molecular weight excluding hydrogens is 201 g/mol. The summed E-state index contributed by atoms with van der Waals surface area (Å²) in [6.07, 6.45) is 2.38. The molecule has 1 heterocycles. The van der Waals surface area contributed by atoms with Crippen molar-refractivity contribution >= 4 is 11.9 Å². The fourth-order valence-electron chi connectivity index (χ4n) is 1.87. The van der Waals surface area contributed by atoms with Crippen molar-refractivity contribution in [3.05, 3.63) is 11.9 Å². The Morgan fingerprint density at radius 1 is 1.47 bits per heavy atom. The summed E-state index contributed by atoms with van der Waals surface area (Å²) in [5.41, 5.74) is 0. The van der Waals surface area contributed by atoms with Crippen LogP contribution in [0.15, 0.2) is 11.9 Å². The third-order valence-electron chi connectivity index (χ3n) is 2.84. The molecule has 1 saturated carbocycles. The van der Waals surface area contributed by atoms with E-state index in [0.717, 1.165) is 0 Å². The van der Waals surface area contributed by atoms with Crippen molar-refractivity contribution < 1.29 is 19.1 Å². The second-order valence-electron chi connectivity index (χ2n) is 3.99. The van der Waals surface area contributed by atoms with Crippen LogP contribution in [0.25, 0.3) is 0 Å². The van der Waals surface area contributed by atoms with E-state index in [1.54, 1.807) is 0 Å². The normalized spacial score (nSPS) is 29.7. The number of carboxylic acids is 1. The van der Waals surface area contributed by atoms with Gasteiger partial charge in [-0.25, -0.2) is 4.39 Å². The van der Waals surface area contributed by atoms with Crippen LogP contribution in [0.4, 0.5) is 4.39 Å². The Morgan fingerprint density at radius 3 is 2.73 bits per heavy atom. The number of amides is 1. The van der Waals surface area contributed by atoms with Gasteiger partial charge in [0.15, 0.2) is 0 Å². The Hall–Kier alpha value is -1.39. The summed E-state index contributed by atoms with van der Waals surface area (Å²) < 4.78 is 12.9. The molecule has 0 spiro atoms. The lowest BCUT2D eigenvalue weighted by Gasteiger charge is -2.24. The van der Waals surface area contributed by atoms with Crippen LogP contribution in [0.3, 0.4) is 0 Å². The summed E-state index contributed by atoms with van der Waals surface area (Å²) in [4.78, 5) is 23.7. The van der Waals surface area contributed by atoms with Crippen molar-refractivity contribution in [3.8, 4) is 0 Å². The predicted octanol–water partition coefficient (Wildman–Crippen LogP) is 0.793. The molecule has 82 valence electrons. The van der Waals surface area contributed by atoms with Crippen LogP contribution in [-0.2, 0) is 9.59 Å². The smallest absolute Gasteiger partial charge is 0.307 e. The molecule has 1 aliphatic carbocycles. The van der Waals surface area contributed by atoms with Crippen LogP contribution in [0.5, 0.6) is 0 Å². The first-order valence-electron chi connectivity index (χ1n) is 4.95. The Kier molecular flexibility index (Phi) is 2.46. The van der Waals surface area contributed by atoms with E-state index in [1.165, 1.54) is 11.0 Å². The largest absolute Gasteiger partial charge is 0.481 e. The minimum Gasteiger partial charge on any atom is -0.481 e. The van der Waals surface area contributed by atoms with Gasteiger partial charge in [-0.3, -0.25) is 9.59 Å². The molecule has 2 unspecified atom stereocenters. The monoisotopic (exact) mass is 213 g/mol. The van der Waals surface area contributed by atoms with E-state index in [2.05, 4.69) is 0 Å². The summed E-state index contributed by atoms with van der Waals surface area (Å²) in [5.74, 6) is -2.42. The lowest BCUT2D eigenvalue weighted by Crippen LogP contribution is -2.36. The van der Waals surface area contributed by atoms with Crippen molar-refractivity contribution in [1.29, 1.82) is 0 Å². The SMILES string of the molecule is O=C(O)C1CC1C(=O)N1CCC=C(F)C1. The fraction of sp³-hybridized carbons (Fsp3) is 0.600. The van der Waals surface area contributed by atoms with Crippen LogP contribution >= 0.6 is 0 Å². The van der Waals surface area contributed by atoms with E-state index in [4.69, 9.17) is 5.11 Å². The van der Waals surface area contributed by atoms with E-state index in [9.17, 15) is 14.0 Å². The molecule has 1 fully saturated rings. The molecule has 2 aliphatic rings. The number of rotatable bonds is 2. The van der Waals surface area contributed by atoms with E-state index in [-0.39, 0.29) is 18.3 Å². The number of aliphatic carboxylic acids is 1. The molecule has 5 heteroatoms. The van der Waals surface area contributed by atoms with Crippen LogP contribution < -0.4 is 0 Å². The first-order valence-corrected chi connectivity index (χ1v) is 4.95. The van der Waals surface area contributed by atoms with Gasteiger partial charge in [0.05, 0.1) is 18.4 Å². The lowest BCUT2D eigenvalue weighted by atomic mass is 10.2. The molecule has 1 amide bonds. The van der Waals surface area contributed by atoms with Gasteiger partial charge in [-0.15, -0.1) is 0 Å². The second-order valence-corrected chi connectivity index (χ2v) is 3.99. The Morgan fingerprint density at radius 2 is 2.20 bits per heavy atom. The molecule has 1 N–H and O–H groups in total. The number of hydrogen-bond donors (Lipinski definition) is 1. The fourth-order valence-corrected chi connectivity index (χ4v) is 1.87. The van der Waals surface area contributed by atoms with Crippen molar-refractivity contribution in [2.45, 2.75) is 12.8 Å². The van der Waals surface area contributed by atoms with Gasteiger partial charge in [0.25, 0.3) is 0 Å². The van der Waals surface area contributed by atoms with Crippen molar-refractivity contribution in [2.75, 3.05) is 13.1 Å². The lowest BCUT2D eigenvalue weighted by molar-refractivity contribution is -0.142. The zero-order valence-corrected chi connectivity index (χ0v) is 8.15. The zero-order valence-electron chi connectivity index (χ0n) is 8.15. The predicted molar refractivity (Wildman–Crippen MR) is 49.6 cm³/mol. The maximum absolute atomic E-state index is 12.9. The quantitative estimate of drug-likeness (QED) is 0.737. The minimum absolute atomic E-state index is 0.00166. The highest BCUT2D eigenvalue weighted by atomic mass is 19.1. The molecule has 0 radical (unpaired) electrons. The third kappa shape index (κ3) is 2.00. The number of halogens is 1. The molecule has 4 nitrogen and oxygen atoms in total. The maximum Gasteiger partial charge on any atom is 0.307 e. The Bertz CT molecular complexity index is 340. The maximum atomic E-state index is 12.9. The summed E-state index contributed by atoms with van der Waals surface area (Å²) in [6.45, 7) is 0.497. The minimum atomic E-state index is -0.929. The second kappa shape index (κ2) is 3.64. The summed E-state index contributed by atoms with van der Waals surface area (Å²) in [7, 11) is 0. The van der Waals surface area contributed by atoms with Gasteiger partial charge in [0.2, 0.25) is 5.91 Å². The van der Waals surface area contributed by atoms with Crippen LogP contribution in [0.1, 0.15) is 12.8 Å². The summed E-state index contributed by atoms with van der Waals surface area (Å²) in [6, 6.07) is 0. The highest BCUT2D eigenvalue weighted by Gasteiger charge is 2.49. The van der Waals surface area contributed by atoms with Crippen molar-refractivity contribution in [3.63, 3.8) is 0 Å². The highest BCUT2D eigenvalue weighted by molar-refractivity contribution is 5.89. The molecule has 0 aromatic heterocycles. The van der Waals surface area contributed by atoms with Crippen LogP contribution in [-0.4, -0.2) is 35.0 Å². The number of carbonyl (C=O) groups excluding carboxylic acids is 1. The molecule has 0 aromatic carbocycles. The van der Waals surface area contributed by atoms with Gasteiger partial charge in [0.1, 0.15) is 5.83 Å². The Labute approximate surface area is 86.4 Å². The number of hydrogen-bond acceptors (Lipinski definition) is 2. The van der Waals surface area contributed by atoms with Gasteiger partial charge in [-0.05, 0) is 18.9 Å². The molecule has 0 aromatic rings. The topological polar surface area (TPSA) is 57.6 Å². The highest BCUT2D eigenvalue weighted by Crippen LogP contribution is 2.40. The molecule has 15 heavy (non-hydrogen) atoms. The zero-order chi connectivity index (χ0) is 11.0. The number of nitrogens with zero attached hydrogens (tertiary/aromatic N) is 1. The summed E-state index contributed by atoms with van der Waals surface area (Å²) in [5, 5.41) is 8.67. The molecule has 2 atom stereocenters. The average molecular weight is 213 g/mol. The first kappa shape index (κ1) is 10.1. The number of carboxylic acid groups (broad SMARTS) is 1. The van der Waals surface area contributed by atoms with Gasteiger partial charge >= 0.3 is 5.97 Å². The standard InChI is InChI=1S/C10H12FNO3/c11-6-2-1-3-12(5-6)9(13)7-4-8(7)10(14)15/h2,7-8H,1,3-5H2,(H,14,15). The van der Waals surface area contributed by atoms with E-state index in [0.29, 0.717) is 19.4 Å². The van der Waals surface area contributed by atoms with Gasteiger partial charge in [-0.1, -0.05) is 0 Å². The van der Waals surface area contributed by atoms with Crippen molar-refractivity contribution in [1.82, 2.24) is 4.90 Å². The van der Waals surface area contributed by atoms with E-state index >= 15 is 0 Å². The van der Waals surface area contributed by atoms with Crippen molar-refractivity contribution in [2.24, 2.45) is 11.8 Å². The van der Waals surface area contributed by atoms with E-state index < -0.39 is 17.8 Å². The molecule has 0 bridgehead atoms. The Balaban J connectivity index is 1.93. The van der Waals surface area contributed by atoms with Gasteiger partial charge < -0.3 is 10.0 Å². The molecule has 2 rings (SSSR count). The van der Waals surface area contributed by atoms with Crippen LogP contribution in [0, 0.1) is 11.8 Å². The molecule has 0 saturated heterocycles. The van der Waals surface area contributed by atoms with E-state index in [1.807, 2.05) is 0 Å². The van der Waals surface area contributed by atoms with Crippen LogP contribution in [0.2, 0.25) is 0 Å². The molecular formula is C10H12FNO3. The van der Waals surface area contributed by atoms with Gasteiger partial charge in [-0.2, -0.15) is 0 Å². The average Bonchev–Trinajstić information content (AvgIpc) is 2.96. The number of carbonyl (C=O) groups is 2. The summed E-state index contributed by atoms with van der Waals surface area (Å²) >= 11 is 0. The molecule has 1 aliphatic heterocycles. The third-order valence-corrected chi connectivity index (χ3v) is 2.84. The van der Waals surface area contributed by atoms with Gasteiger partial charge in [0, 0.05) is 6.54 Å².